The third-order valence-corrected chi connectivity index (χ3v) is 3.98. The van der Waals surface area contributed by atoms with E-state index >= 15 is 0 Å². The average molecular weight is 318 g/mol. The molecule has 1 fully saturated rings. The Hall–Kier alpha value is -0.970. The molecule has 0 unspecified atom stereocenters. The predicted octanol–water partition coefficient (Wildman–Crippen LogP) is 3.21. The molecule has 0 aliphatic heterocycles. The van der Waals surface area contributed by atoms with E-state index in [-0.39, 0.29) is 0 Å². The molecule has 0 saturated heterocycles. The summed E-state index contributed by atoms with van der Waals surface area (Å²) < 4.78 is 26.9. The van der Waals surface area contributed by atoms with Crippen molar-refractivity contribution in [2.75, 3.05) is 13.6 Å². The lowest BCUT2D eigenvalue weighted by Crippen LogP contribution is -2.38. The minimum absolute atomic E-state index is 0.415. The van der Waals surface area contributed by atoms with Gasteiger partial charge in [0.25, 0.3) is 5.91 Å². The first kappa shape index (κ1) is 13.5. The summed E-state index contributed by atoms with van der Waals surface area (Å²) in [6.07, 6.45) is 1.99. The second-order valence-electron chi connectivity index (χ2n) is 4.72. The van der Waals surface area contributed by atoms with Crippen LogP contribution in [0.1, 0.15) is 23.2 Å². The van der Waals surface area contributed by atoms with Gasteiger partial charge in [-0.25, -0.2) is 8.78 Å². The molecule has 0 radical (unpaired) electrons. The number of carbonyl (C=O) groups excluding carboxylic acids is 1. The molecule has 0 bridgehead atoms. The number of halogens is 3. The lowest BCUT2D eigenvalue weighted by molar-refractivity contribution is 0.0739. The Balaban J connectivity index is 2.06. The van der Waals surface area contributed by atoms with Gasteiger partial charge in [0.1, 0.15) is 17.2 Å². The number of alkyl halides is 1. The van der Waals surface area contributed by atoms with Crippen LogP contribution in [-0.2, 0) is 0 Å². The largest absolute Gasteiger partial charge is 0.341 e. The van der Waals surface area contributed by atoms with Gasteiger partial charge < -0.3 is 4.90 Å². The van der Waals surface area contributed by atoms with Crippen molar-refractivity contribution in [3.05, 3.63) is 35.4 Å². The maximum atomic E-state index is 13.5. The minimum atomic E-state index is -0.807. The quantitative estimate of drug-likeness (QED) is 0.784. The first-order chi connectivity index (χ1) is 8.49. The Labute approximate surface area is 113 Å². The molecule has 0 atom stereocenters. The molecule has 98 valence electrons. The Bertz CT molecular complexity index is 440. The molecule has 0 heterocycles. The lowest BCUT2D eigenvalue weighted by Gasteiger charge is -2.34. The third-order valence-electron chi connectivity index (χ3n) is 3.23. The summed E-state index contributed by atoms with van der Waals surface area (Å²) in [5, 5.41) is 0. The molecule has 2 rings (SSSR count). The maximum Gasteiger partial charge on any atom is 0.259 e. The molecule has 1 aliphatic carbocycles. The molecule has 5 heteroatoms. The zero-order chi connectivity index (χ0) is 13.3. The maximum absolute atomic E-state index is 13.5. The fraction of sp³-hybridized carbons (Fsp3) is 0.462. The summed E-state index contributed by atoms with van der Waals surface area (Å²) >= 11 is 3.47. The van der Waals surface area contributed by atoms with Crippen LogP contribution in [0.25, 0.3) is 0 Å². The first-order valence-corrected chi connectivity index (χ1v) is 6.74. The molecule has 1 aromatic rings. The van der Waals surface area contributed by atoms with Gasteiger partial charge in [-0.3, -0.25) is 4.79 Å². The first-order valence-electron chi connectivity index (χ1n) is 5.82. The van der Waals surface area contributed by atoms with Crippen LogP contribution in [0.15, 0.2) is 18.2 Å². The van der Waals surface area contributed by atoms with Gasteiger partial charge in [0.15, 0.2) is 0 Å². The fourth-order valence-corrected chi connectivity index (χ4v) is 3.22. The summed E-state index contributed by atoms with van der Waals surface area (Å²) in [5.41, 5.74) is -0.463. The van der Waals surface area contributed by atoms with Gasteiger partial charge >= 0.3 is 0 Å². The van der Waals surface area contributed by atoms with E-state index in [9.17, 15) is 13.6 Å². The van der Waals surface area contributed by atoms with Crippen LogP contribution >= 0.6 is 15.9 Å². The summed E-state index contributed by atoms with van der Waals surface area (Å²) in [6.45, 7) is 0.536. The van der Waals surface area contributed by atoms with E-state index in [1.165, 1.54) is 11.0 Å². The SMILES string of the molecule is CN(CC1CC(Br)C1)C(=O)c1c(F)cccc1F. The zero-order valence-corrected chi connectivity index (χ0v) is 11.6. The normalized spacial score (nSPS) is 22.4. The number of hydrogen-bond acceptors (Lipinski definition) is 1. The van der Waals surface area contributed by atoms with Crippen molar-refractivity contribution in [1.29, 1.82) is 0 Å². The highest BCUT2D eigenvalue weighted by molar-refractivity contribution is 9.09. The highest BCUT2D eigenvalue weighted by atomic mass is 79.9. The number of nitrogens with zero attached hydrogens (tertiary/aromatic N) is 1. The zero-order valence-electron chi connectivity index (χ0n) is 10.00. The van der Waals surface area contributed by atoms with Gasteiger partial charge in [0, 0.05) is 18.4 Å². The van der Waals surface area contributed by atoms with Crippen molar-refractivity contribution in [1.82, 2.24) is 4.90 Å². The van der Waals surface area contributed by atoms with Gasteiger partial charge in [-0.2, -0.15) is 0 Å². The number of hydrogen-bond donors (Lipinski definition) is 0. The average Bonchev–Trinajstić information content (AvgIpc) is 2.26. The number of amides is 1. The summed E-state index contributed by atoms with van der Waals surface area (Å²) in [6, 6.07) is 3.45. The monoisotopic (exact) mass is 317 g/mol. The molecule has 0 aromatic heterocycles. The van der Waals surface area contributed by atoms with Crippen LogP contribution in [0, 0.1) is 17.6 Å². The van der Waals surface area contributed by atoms with Crippen molar-refractivity contribution in [3.8, 4) is 0 Å². The van der Waals surface area contributed by atoms with E-state index in [0.29, 0.717) is 17.3 Å². The van der Waals surface area contributed by atoms with Crippen LogP contribution in [0.2, 0.25) is 0 Å². The second kappa shape index (κ2) is 5.34. The summed E-state index contributed by atoms with van der Waals surface area (Å²) in [7, 11) is 1.58. The van der Waals surface area contributed by atoms with Gasteiger partial charge in [0.2, 0.25) is 0 Å². The molecule has 1 aliphatic rings. The molecular formula is C13H14BrF2NO. The second-order valence-corrected chi connectivity index (χ2v) is 6.01. The summed E-state index contributed by atoms with van der Waals surface area (Å²) in [4.78, 5) is 13.9. The van der Waals surface area contributed by atoms with Crippen LogP contribution < -0.4 is 0 Å². The Morgan fingerprint density at radius 2 is 1.94 bits per heavy atom. The van der Waals surface area contributed by atoms with Crippen molar-refractivity contribution < 1.29 is 13.6 Å². The van der Waals surface area contributed by atoms with Crippen molar-refractivity contribution in [2.24, 2.45) is 5.92 Å². The Kier molecular flexibility index (Phi) is 4.00. The van der Waals surface area contributed by atoms with Crippen molar-refractivity contribution in [3.63, 3.8) is 0 Å². The van der Waals surface area contributed by atoms with E-state index in [0.717, 1.165) is 25.0 Å². The number of benzene rings is 1. The fourth-order valence-electron chi connectivity index (χ4n) is 2.17. The molecule has 1 amide bonds. The van der Waals surface area contributed by atoms with Gasteiger partial charge in [0.05, 0.1) is 0 Å². The molecule has 2 nitrogen and oxygen atoms in total. The van der Waals surface area contributed by atoms with Crippen LogP contribution in [-0.4, -0.2) is 29.2 Å². The van der Waals surface area contributed by atoms with Crippen LogP contribution in [0.4, 0.5) is 8.78 Å². The molecule has 1 saturated carbocycles. The molecule has 18 heavy (non-hydrogen) atoms. The van der Waals surface area contributed by atoms with E-state index < -0.39 is 23.1 Å². The van der Waals surface area contributed by atoms with Crippen LogP contribution in [0.3, 0.4) is 0 Å². The smallest absolute Gasteiger partial charge is 0.259 e. The standard InChI is InChI=1S/C13H14BrF2NO/c1-17(7-8-5-9(14)6-8)13(18)12-10(15)3-2-4-11(12)16/h2-4,8-9H,5-7H2,1H3. The topological polar surface area (TPSA) is 20.3 Å². The highest BCUT2D eigenvalue weighted by Gasteiger charge is 2.30. The van der Waals surface area contributed by atoms with Crippen molar-refractivity contribution >= 4 is 21.8 Å². The van der Waals surface area contributed by atoms with Crippen molar-refractivity contribution in [2.45, 2.75) is 17.7 Å². The molecular weight excluding hydrogens is 304 g/mol. The molecule has 1 aromatic carbocycles. The van der Waals surface area contributed by atoms with Crippen LogP contribution in [0.5, 0.6) is 0 Å². The number of rotatable bonds is 3. The number of carbonyl (C=O) groups is 1. The Morgan fingerprint density at radius 1 is 1.39 bits per heavy atom. The van der Waals surface area contributed by atoms with Gasteiger partial charge in [-0.05, 0) is 30.9 Å². The lowest BCUT2D eigenvalue weighted by atomic mass is 9.85. The van der Waals surface area contributed by atoms with Gasteiger partial charge in [-0.1, -0.05) is 22.0 Å². The Morgan fingerprint density at radius 3 is 2.44 bits per heavy atom. The third kappa shape index (κ3) is 2.71. The van der Waals surface area contributed by atoms with Gasteiger partial charge in [-0.15, -0.1) is 0 Å². The highest BCUT2D eigenvalue weighted by Crippen LogP contribution is 2.33. The predicted molar refractivity (Wildman–Crippen MR) is 68.8 cm³/mol. The van der Waals surface area contributed by atoms with E-state index in [4.69, 9.17) is 0 Å². The summed E-state index contributed by atoms with van der Waals surface area (Å²) in [5.74, 6) is -1.79. The van der Waals surface area contributed by atoms with E-state index in [2.05, 4.69) is 15.9 Å². The molecule has 0 N–H and O–H groups in total. The minimum Gasteiger partial charge on any atom is -0.341 e. The van der Waals surface area contributed by atoms with E-state index in [1.54, 1.807) is 7.05 Å². The van der Waals surface area contributed by atoms with E-state index in [1.807, 2.05) is 0 Å². The molecule has 0 spiro atoms.